The van der Waals surface area contributed by atoms with E-state index in [0.29, 0.717) is 17.4 Å². The molecule has 112 valence electrons. The van der Waals surface area contributed by atoms with Gasteiger partial charge in [0.15, 0.2) is 0 Å². The lowest BCUT2D eigenvalue weighted by molar-refractivity contribution is -0.0218. The van der Waals surface area contributed by atoms with Crippen LogP contribution in [0.5, 0.6) is 0 Å². The quantitative estimate of drug-likeness (QED) is 0.869. The molecule has 2 saturated heterocycles. The first-order valence-corrected chi connectivity index (χ1v) is 9.35. The van der Waals surface area contributed by atoms with Crippen molar-refractivity contribution in [1.82, 2.24) is 5.32 Å². The van der Waals surface area contributed by atoms with Gasteiger partial charge in [0.05, 0.1) is 6.10 Å². The molecule has 5 atom stereocenters. The van der Waals surface area contributed by atoms with Crippen LogP contribution in [0, 0.1) is 17.8 Å². The molecule has 3 heterocycles. The first-order valence-electron chi connectivity index (χ1n) is 8.41. The van der Waals surface area contributed by atoms with Gasteiger partial charge in [0, 0.05) is 30.4 Å². The summed E-state index contributed by atoms with van der Waals surface area (Å²) in [5.74, 6) is 2.38. The van der Waals surface area contributed by atoms with Crippen LogP contribution in [0.4, 0.5) is 0 Å². The average Bonchev–Trinajstić information content (AvgIpc) is 3.06. The van der Waals surface area contributed by atoms with Crippen molar-refractivity contribution in [3.05, 3.63) is 0 Å². The Bertz CT molecular complexity index is 369. The molecular weight excluding hydrogens is 268 g/mol. The number of ether oxygens (including phenoxy) is 1. The third-order valence-electron chi connectivity index (χ3n) is 5.67. The summed E-state index contributed by atoms with van der Waals surface area (Å²) in [6, 6.07) is 0. The Labute approximate surface area is 126 Å². The largest absolute Gasteiger partial charge is 0.377 e. The highest BCUT2D eigenvalue weighted by Crippen LogP contribution is 2.54. The van der Waals surface area contributed by atoms with Crippen LogP contribution in [-0.2, 0) is 4.74 Å². The fraction of sp³-hybridized carbons (Fsp3) is 0.938. The van der Waals surface area contributed by atoms with Crippen molar-refractivity contribution in [2.24, 2.45) is 22.7 Å². The van der Waals surface area contributed by atoms with E-state index in [9.17, 15) is 0 Å². The molecule has 4 heteroatoms. The standard InChI is InChI=1S/C16H26N2OS/c1-2-12-14(3-1)20-16-15(12)13(6-9-18-16)19-10-11-4-7-17-8-5-11/h9,11-17H,1-8,10H2. The van der Waals surface area contributed by atoms with Gasteiger partial charge >= 0.3 is 0 Å². The van der Waals surface area contributed by atoms with Gasteiger partial charge in [0.2, 0.25) is 0 Å². The fourth-order valence-corrected chi connectivity index (χ4v) is 6.45. The van der Waals surface area contributed by atoms with Gasteiger partial charge in [-0.15, -0.1) is 11.8 Å². The van der Waals surface area contributed by atoms with Gasteiger partial charge in [-0.2, -0.15) is 0 Å². The lowest BCUT2D eigenvalue weighted by Crippen LogP contribution is -2.38. The van der Waals surface area contributed by atoms with Crippen LogP contribution in [0.15, 0.2) is 4.99 Å². The number of fused-ring (bicyclic) bond motifs is 3. The molecule has 1 N–H and O–H groups in total. The zero-order valence-electron chi connectivity index (χ0n) is 12.2. The van der Waals surface area contributed by atoms with E-state index in [4.69, 9.17) is 9.73 Å². The van der Waals surface area contributed by atoms with Crippen molar-refractivity contribution in [3.63, 3.8) is 0 Å². The number of hydrogen-bond donors (Lipinski definition) is 1. The molecule has 0 aromatic heterocycles. The molecule has 0 aromatic carbocycles. The molecule has 4 rings (SSSR count). The van der Waals surface area contributed by atoms with E-state index < -0.39 is 0 Å². The summed E-state index contributed by atoms with van der Waals surface area (Å²) in [7, 11) is 0. The molecule has 0 amide bonds. The Morgan fingerprint density at radius 1 is 1.20 bits per heavy atom. The summed E-state index contributed by atoms with van der Waals surface area (Å²) in [6.45, 7) is 3.32. The minimum Gasteiger partial charge on any atom is -0.377 e. The first-order chi connectivity index (χ1) is 9.92. The number of aliphatic imine (C=N–C) groups is 1. The summed E-state index contributed by atoms with van der Waals surface area (Å²) in [5, 5.41) is 4.83. The van der Waals surface area contributed by atoms with Crippen LogP contribution < -0.4 is 5.32 Å². The Kier molecular flexibility index (Phi) is 4.06. The van der Waals surface area contributed by atoms with E-state index in [1.165, 1.54) is 45.2 Å². The van der Waals surface area contributed by atoms with Gasteiger partial charge in [-0.05, 0) is 50.6 Å². The highest BCUT2D eigenvalue weighted by Gasteiger charge is 2.50. The molecule has 5 unspecified atom stereocenters. The van der Waals surface area contributed by atoms with Crippen molar-refractivity contribution in [2.45, 2.75) is 55.3 Å². The molecule has 0 radical (unpaired) electrons. The lowest BCUT2D eigenvalue weighted by Gasteiger charge is -2.34. The molecule has 1 saturated carbocycles. The monoisotopic (exact) mass is 294 g/mol. The van der Waals surface area contributed by atoms with Gasteiger partial charge in [-0.1, -0.05) is 6.42 Å². The smallest absolute Gasteiger partial charge is 0.101 e. The fourth-order valence-electron chi connectivity index (χ4n) is 4.55. The van der Waals surface area contributed by atoms with Crippen LogP contribution in [0.3, 0.4) is 0 Å². The highest BCUT2D eigenvalue weighted by molar-refractivity contribution is 8.00. The number of hydrogen-bond acceptors (Lipinski definition) is 4. The number of thioether (sulfide) groups is 1. The van der Waals surface area contributed by atoms with E-state index in [2.05, 4.69) is 23.3 Å². The molecule has 20 heavy (non-hydrogen) atoms. The van der Waals surface area contributed by atoms with E-state index in [1.54, 1.807) is 0 Å². The second-order valence-corrected chi connectivity index (χ2v) is 8.23. The molecule has 3 aliphatic heterocycles. The maximum Gasteiger partial charge on any atom is 0.101 e. The van der Waals surface area contributed by atoms with E-state index in [1.807, 2.05) is 0 Å². The number of piperidine rings is 1. The maximum absolute atomic E-state index is 6.41. The number of nitrogens with zero attached hydrogens (tertiary/aromatic N) is 1. The van der Waals surface area contributed by atoms with Gasteiger partial charge in [0.1, 0.15) is 5.37 Å². The zero-order chi connectivity index (χ0) is 13.4. The van der Waals surface area contributed by atoms with Crippen molar-refractivity contribution < 1.29 is 4.74 Å². The third-order valence-corrected chi connectivity index (χ3v) is 7.32. The maximum atomic E-state index is 6.41. The predicted octanol–water partition coefficient (Wildman–Crippen LogP) is 2.70. The Hall–Kier alpha value is -0.0600. The minimum atomic E-state index is 0.452. The van der Waals surface area contributed by atoms with Gasteiger partial charge in [0.25, 0.3) is 0 Å². The third kappa shape index (κ3) is 2.55. The summed E-state index contributed by atoms with van der Waals surface area (Å²) < 4.78 is 6.41. The highest BCUT2D eigenvalue weighted by atomic mass is 32.2. The minimum absolute atomic E-state index is 0.452. The lowest BCUT2D eigenvalue weighted by atomic mass is 9.83. The molecule has 0 aromatic rings. The first kappa shape index (κ1) is 13.6. The van der Waals surface area contributed by atoms with Crippen molar-refractivity contribution in [2.75, 3.05) is 19.7 Å². The summed E-state index contributed by atoms with van der Waals surface area (Å²) >= 11 is 2.14. The van der Waals surface area contributed by atoms with Crippen molar-refractivity contribution in [3.8, 4) is 0 Å². The van der Waals surface area contributed by atoms with Crippen LogP contribution >= 0.6 is 11.8 Å². The Morgan fingerprint density at radius 2 is 2.10 bits per heavy atom. The normalized spacial score (nSPS) is 44.5. The zero-order valence-corrected chi connectivity index (χ0v) is 13.0. The van der Waals surface area contributed by atoms with E-state index in [-0.39, 0.29) is 0 Å². The molecule has 4 aliphatic rings. The summed E-state index contributed by atoms with van der Waals surface area (Å²) in [5.41, 5.74) is 0. The number of nitrogens with one attached hydrogen (secondary N) is 1. The Balaban J connectivity index is 1.38. The summed E-state index contributed by atoms with van der Waals surface area (Å²) in [4.78, 5) is 4.77. The van der Waals surface area contributed by atoms with Crippen LogP contribution in [0.1, 0.15) is 38.5 Å². The van der Waals surface area contributed by atoms with Gasteiger partial charge in [-0.3, -0.25) is 4.99 Å². The van der Waals surface area contributed by atoms with Crippen LogP contribution in [0.25, 0.3) is 0 Å². The topological polar surface area (TPSA) is 33.6 Å². The van der Waals surface area contributed by atoms with Crippen molar-refractivity contribution in [1.29, 1.82) is 0 Å². The molecule has 0 bridgehead atoms. The van der Waals surface area contributed by atoms with Gasteiger partial charge in [-0.25, -0.2) is 0 Å². The molecule has 0 spiro atoms. The van der Waals surface area contributed by atoms with E-state index >= 15 is 0 Å². The van der Waals surface area contributed by atoms with Gasteiger partial charge < -0.3 is 10.1 Å². The summed E-state index contributed by atoms with van der Waals surface area (Å²) in [6.07, 6.45) is 10.5. The predicted molar refractivity (Wildman–Crippen MR) is 84.4 cm³/mol. The van der Waals surface area contributed by atoms with Crippen LogP contribution in [-0.4, -0.2) is 42.6 Å². The van der Waals surface area contributed by atoms with E-state index in [0.717, 1.165) is 30.1 Å². The molecule has 3 fully saturated rings. The second kappa shape index (κ2) is 5.98. The van der Waals surface area contributed by atoms with Crippen LogP contribution in [0.2, 0.25) is 0 Å². The van der Waals surface area contributed by atoms with Crippen molar-refractivity contribution >= 4 is 18.0 Å². The Morgan fingerprint density at radius 3 is 3.00 bits per heavy atom. The molecule has 3 nitrogen and oxygen atoms in total. The second-order valence-electron chi connectivity index (χ2n) is 6.87. The molecule has 1 aliphatic carbocycles. The SMILES string of the molecule is C1=NC2SC3CCCC3C2C(OCC2CCNCC2)C1. The average molecular weight is 294 g/mol. The molecular formula is C16H26N2OS. The number of rotatable bonds is 3.